The number of carbonyl (C=O) groups excluding carboxylic acids is 2. The van der Waals surface area contributed by atoms with Gasteiger partial charge >= 0.3 is 5.97 Å². The summed E-state index contributed by atoms with van der Waals surface area (Å²) in [6, 6.07) is -0.166. The quantitative estimate of drug-likeness (QED) is 0.352. The zero-order valence-corrected chi connectivity index (χ0v) is 28.9. The molecule has 0 saturated carbocycles. The molecule has 14 atom stereocenters. The van der Waals surface area contributed by atoms with Crippen molar-refractivity contribution in [3.63, 3.8) is 0 Å². The molecule has 5 heterocycles. The fourth-order valence-electron chi connectivity index (χ4n) is 9.00. The summed E-state index contributed by atoms with van der Waals surface area (Å²) in [5.41, 5.74) is -1.86. The van der Waals surface area contributed by atoms with Gasteiger partial charge in [-0.05, 0) is 66.7 Å². The summed E-state index contributed by atoms with van der Waals surface area (Å²) in [6.45, 7) is 21.9. The van der Waals surface area contributed by atoms with E-state index in [1.54, 1.807) is 13.8 Å². The third-order valence-corrected chi connectivity index (χ3v) is 11.1. The highest BCUT2D eigenvalue weighted by Crippen LogP contribution is 2.50. The largest absolute Gasteiger partial charge is 0.458 e. The molecule has 0 aromatic carbocycles. The van der Waals surface area contributed by atoms with Crippen LogP contribution in [0, 0.1) is 23.7 Å². The Morgan fingerprint density at radius 1 is 1.00 bits per heavy atom. The van der Waals surface area contributed by atoms with Gasteiger partial charge in [0, 0.05) is 31.0 Å². The lowest BCUT2D eigenvalue weighted by molar-refractivity contribution is -0.298. The smallest absolute Gasteiger partial charge is 0.316 e. The van der Waals surface area contributed by atoms with Crippen LogP contribution in [0.2, 0.25) is 0 Å². The summed E-state index contributed by atoms with van der Waals surface area (Å²) in [4.78, 5) is 30.1. The number of carbonyl (C=O) groups is 2. The predicted molar refractivity (Wildman–Crippen MR) is 164 cm³/mol. The Kier molecular flexibility index (Phi) is 10.2. The molecule has 5 fully saturated rings. The average Bonchev–Trinajstić information content (AvgIpc) is 3.44. The third-order valence-electron chi connectivity index (χ3n) is 11.1. The van der Waals surface area contributed by atoms with Crippen LogP contribution in [-0.2, 0) is 42.7 Å². The lowest BCUT2D eigenvalue weighted by Crippen LogP contribution is -2.60. The Balaban J connectivity index is 1.48. The number of nitrogens with zero attached hydrogens (tertiary/aromatic N) is 1. The lowest BCUT2D eigenvalue weighted by atomic mass is 9.76. The summed E-state index contributed by atoms with van der Waals surface area (Å²) in [7, 11) is 0. The molecule has 5 aliphatic heterocycles. The molecule has 11 nitrogen and oxygen atoms in total. The van der Waals surface area contributed by atoms with E-state index in [-0.39, 0.29) is 42.0 Å². The van der Waals surface area contributed by atoms with E-state index in [1.165, 1.54) is 0 Å². The fraction of sp³-hybridized carbons (Fsp3) is 0.941. The Morgan fingerprint density at radius 2 is 1.67 bits per heavy atom. The van der Waals surface area contributed by atoms with Crippen LogP contribution in [0.15, 0.2) is 0 Å². The van der Waals surface area contributed by atoms with Gasteiger partial charge in [0.2, 0.25) is 0 Å². The van der Waals surface area contributed by atoms with E-state index in [2.05, 4.69) is 11.8 Å². The van der Waals surface area contributed by atoms with E-state index in [0.717, 1.165) is 13.1 Å². The van der Waals surface area contributed by atoms with Crippen LogP contribution >= 0.6 is 0 Å². The number of fused-ring (bicyclic) bond motifs is 2. The summed E-state index contributed by atoms with van der Waals surface area (Å²) >= 11 is 0. The number of hydrogen-bond donors (Lipinski definition) is 1. The average molecular weight is 640 g/mol. The molecule has 0 amide bonds. The monoisotopic (exact) mass is 639 g/mol. The maximum absolute atomic E-state index is 14.1. The molecule has 0 aliphatic carbocycles. The van der Waals surface area contributed by atoms with Gasteiger partial charge in [-0.15, -0.1) is 0 Å². The van der Waals surface area contributed by atoms with E-state index in [0.29, 0.717) is 32.5 Å². The van der Waals surface area contributed by atoms with Crippen molar-refractivity contribution in [1.29, 1.82) is 0 Å². The molecule has 6 unspecified atom stereocenters. The van der Waals surface area contributed by atoms with Crippen molar-refractivity contribution >= 4 is 11.8 Å². The van der Waals surface area contributed by atoms with Crippen molar-refractivity contribution < 1.29 is 47.9 Å². The van der Waals surface area contributed by atoms with Gasteiger partial charge < -0.3 is 38.3 Å². The number of rotatable bonds is 5. The van der Waals surface area contributed by atoms with Crippen molar-refractivity contribution in [3.05, 3.63) is 0 Å². The summed E-state index contributed by atoms with van der Waals surface area (Å²) in [6.07, 6.45) is -2.29. The van der Waals surface area contributed by atoms with Crippen molar-refractivity contribution in [1.82, 2.24) is 4.90 Å². The zero-order valence-electron chi connectivity index (χ0n) is 28.9. The molecule has 258 valence electrons. The minimum atomic E-state index is -1.05. The second kappa shape index (κ2) is 13.0. The normalized spacial score (nSPS) is 49.8. The highest BCUT2D eigenvalue weighted by atomic mass is 16.8. The van der Waals surface area contributed by atoms with Crippen molar-refractivity contribution in [2.24, 2.45) is 23.7 Å². The Hall–Kier alpha value is -1.18. The third kappa shape index (κ3) is 6.62. The van der Waals surface area contributed by atoms with E-state index in [1.807, 2.05) is 48.5 Å². The van der Waals surface area contributed by atoms with E-state index in [9.17, 15) is 14.7 Å². The molecule has 0 aromatic rings. The molecule has 0 aromatic heterocycles. The Labute approximate surface area is 268 Å². The van der Waals surface area contributed by atoms with Crippen LogP contribution in [-0.4, -0.2) is 114 Å². The van der Waals surface area contributed by atoms with Gasteiger partial charge in [-0.3, -0.25) is 14.5 Å². The van der Waals surface area contributed by atoms with Crippen LogP contribution in [0.5, 0.6) is 0 Å². The fourth-order valence-corrected chi connectivity index (χ4v) is 9.00. The van der Waals surface area contributed by atoms with Gasteiger partial charge in [-0.2, -0.15) is 0 Å². The van der Waals surface area contributed by atoms with E-state index >= 15 is 0 Å². The maximum atomic E-state index is 14.1. The number of Topliss-reactive ketones (excluding diaryl/α,β-unsaturated/α-hetero) is 1. The Bertz CT molecular complexity index is 1080. The van der Waals surface area contributed by atoms with E-state index < -0.39 is 59.4 Å². The van der Waals surface area contributed by atoms with Gasteiger partial charge in [0.1, 0.15) is 23.7 Å². The zero-order chi connectivity index (χ0) is 33.1. The summed E-state index contributed by atoms with van der Waals surface area (Å²) in [5.74, 6) is -3.80. The van der Waals surface area contributed by atoms with Crippen molar-refractivity contribution in [3.8, 4) is 0 Å². The molecular weight excluding hydrogens is 582 g/mol. The minimum absolute atomic E-state index is 0.0488. The minimum Gasteiger partial charge on any atom is -0.458 e. The van der Waals surface area contributed by atoms with Crippen LogP contribution in [0.3, 0.4) is 0 Å². The molecule has 0 spiro atoms. The SMILES string of the molecule is CC[C@H]1OC(C)(C)O[C@@]1(C)[C@@H]1OC(=O)[C@H](C)C(=O)[C@H](C)[C@@H](O[C@@H]2OC(C)CC(N3CCOCC3)C2O)C2(C)CC(C)C(O2)[C@@H]1C. The highest BCUT2D eigenvalue weighted by molar-refractivity contribution is 6.00. The van der Waals surface area contributed by atoms with Gasteiger partial charge in [0.25, 0.3) is 0 Å². The maximum Gasteiger partial charge on any atom is 0.316 e. The molecule has 5 aliphatic rings. The van der Waals surface area contributed by atoms with Crippen molar-refractivity contribution in [2.45, 2.75) is 154 Å². The number of ketones is 1. The summed E-state index contributed by atoms with van der Waals surface area (Å²) < 4.78 is 44.6. The lowest BCUT2D eigenvalue weighted by Gasteiger charge is -2.47. The van der Waals surface area contributed by atoms with Gasteiger partial charge in [-0.25, -0.2) is 0 Å². The van der Waals surface area contributed by atoms with Crippen LogP contribution < -0.4 is 0 Å². The van der Waals surface area contributed by atoms with Gasteiger partial charge in [0.05, 0.1) is 43.2 Å². The molecule has 1 N–H and O–H groups in total. The topological polar surface area (TPSA) is 122 Å². The molecular formula is C34H57NO10. The second-order valence-corrected chi connectivity index (χ2v) is 15.2. The van der Waals surface area contributed by atoms with Gasteiger partial charge in [0.15, 0.2) is 17.9 Å². The molecule has 5 saturated heterocycles. The van der Waals surface area contributed by atoms with Crippen LogP contribution in [0.4, 0.5) is 0 Å². The molecule has 2 bridgehead atoms. The second-order valence-electron chi connectivity index (χ2n) is 15.2. The molecule has 0 radical (unpaired) electrons. The number of aliphatic hydroxyl groups excluding tert-OH is 1. The molecule has 5 rings (SSSR count). The first-order chi connectivity index (χ1) is 21.0. The Morgan fingerprint density at radius 3 is 2.31 bits per heavy atom. The summed E-state index contributed by atoms with van der Waals surface area (Å²) in [5, 5.41) is 11.6. The molecule has 45 heavy (non-hydrogen) atoms. The molecule has 11 heteroatoms. The predicted octanol–water partition coefficient (Wildman–Crippen LogP) is 3.47. The highest BCUT2D eigenvalue weighted by Gasteiger charge is 2.61. The number of ether oxygens (including phenoxy) is 7. The number of morpholine rings is 1. The van der Waals surface area contributed by atoms with E-state index in [4.69, 9.17) is 33.2 Å². The first-order valence-electron chi connectivity index (χ1n) is 17.1. The first kappa shape index (κ1) is 35.1. The van der Waals surface area contributed by atoms with Crippen molar-refractivity contribution in [2.75, 3.05) is 26.3 Å². The van der Waals surface area contributed by atoms with Gasteiger partial charge in [-0.1, -0.05) is 27.7 Å². The number of cyclic esters (lactones) is 1. The number of aliphatic hydroxyl groups is 1. The first-order valence-corrected chi connectivity index (χ1v) is 17.1. The van der Waals surface area contributed by atoms with Crippen LogP contribution in [0.25, 0.3) is 0 Å². The number of hydrogen-bond acceptors (Lipinski definition) is 11. The standard InChI is InChI=1S/C34H57NO10/c1-11-24-34(10,45-32(7,8)43-24)29-22(6)27-18(2)17-33(9,44-27)28(20(4)25(36)21(5)30(38)41-29)42-31-26(37)23(16-19(3)40-31)35-12-14-39-15-13-35/h18-24,26-29,31,37H,11-17H2,1-10H3/t18?,19?,20-,21+,22-,23?,24+,26?,27?,28+,29+,31-,33?,34+/m0/s1. The number of esters is 1. The van der Waals surface area contributed by atoms with Crippen LogP contribution in [0.1, 0.15) is 88.5 Å².